The predicted octanol–water partition coefficient (Wildman–Crippen LogP) is 0.765. The SMILES string of the molecule is C=CC(=O)OC(=C)C(=O)OC(C)OC. The number of esters is 2. The average Bonchev–Trinajstić information content (AvgIpc) is 2.17. The van der Waals surface area contributed by atoms with Crippen LogP contribution >= 0.6 is 0 Å². The molecule has 1 unspecified atom stereocenters. The summed E-state index contributed by atoms with van der Waals surface area (Å²) in [5.74, 6) is -2.02. The number of hydrogen-bond donors (Lipinski definition) is 0. The second-order valence-corrected chi connectivity index (χ2v) is 2.26. The van der Waals surface area contributed by atoms with Crippen LogP contribution in [0.5, 0.6) is 0 Å². The van der Waals surface area contributed by atoms with Gasteiger partial charge in [0, 0.05) is 13.2 Å². The number of methoxy groups -OCH3 is 1. The molecule has 0 aliphatic rings. The summed E-state index contributed by atoms with van der Waals surface area (Å²) in [6.07, 6.45) is 0.194. The normalized spacial score (nSPS) is 11.3. The molecule has 0 aromatic rings. The molecule has 1 atom stereocenters. The predicted molar refractivity (Wildman–Crippen MR) is 48.0 cm³/mol. The van der Waals surface area contributed by atoms with Gasteiger partial charge >= 0.3 is 11.9 Å². The van der Waals surface area contributed by atoms with Crippen LogP contribution in [0.2, 0.25) is 0 Å². The Morgan fingerprint density at radius 2 is 2.00 bits per heavy atom. The summed E-state index contributed by atoms with van der Waals surface area (Å²) < 4.78 is 13.7. The van der Waals surface area contributed by atoms with E-state index in [-0.39, 0.29) is 0 Å². The van der Waals surface area contributed by atoms with Crippen LogP contribution in [0, 0.1) is 0 Å². The molecule has 0 radical (unpaired) electrons. The highest BCUT2D eigenvalue weighted by molar-refractivity contribution is 5.91. The van der Waals surface area contributed by atoms with E-state index in [4.69, 9.17) is 0 Å². The molecule has 0 aliphatic heterocycles. The number of rotatable bonds is 5. The maximum Gasteiger partial charge on any atom is 0.376 e. The molecule has 0 amide bonds. The van der Waals surface area contributed by atoms with Crippen LogP contribution in [0.4, 0.5) is 0 Å². The molecule has 0 aromatic carbocycles. The molecule has 0 bridgehead atoms. The number of carbonyl (C=O) groups excluding carboxylic acids is 2. The smallest absolute Gasteiger partial charge is 0.376 e. The van der Waals surface area contributed by atoms with Gasteiger partial charge in [0.1, 0.15) is 0 Å². The molecular weight excluding hydrogens is 188 g/mol. The maximum absolute atomic E-state index is 11.1. The molecule has 0 fully saturated rings. The second-order valence-electron chi connectivity index (χ2n) is 2.26. The highest BCUT2D eigenvalue weighted by Crippen LogP contribution is 2.02. The van der Waals surface area contributed by atoms with Crippen LogP contribution in [0.15, 0.2) is 25.0 Å². The summed E-state index contributed by atoms with van der Waals surface area (Å²) in [7, 11) is 1.37. The highest BCUT2D eigenvalue weighted by Gasteiger charge is 2.15. The fraction of sp³-hybridized carbons (Fsp3) is 0.333. The number of carbonyl (C=O) groups is 2. The van der Waals surface area contributed by atoms with Crippen LogP contribution in [0.25, 0.3) is 0 Å². The maximum atomic E-state index is 11.1. The molecule has 14 heavy (non-hydrogen) atoms. The molecule has 5 nitrogen and oxygen atoms in total. The van der Waals surface area contributed by atoms with Crippen molar-refractivity contribution in [2.75, 3.05) is 7.11 Å². The Labute approximate surface area is 81.9 Å². The summed E-state index contributed by atoms with van der Waals surface area (Å²) in [6.45, 7) is 7.88. The molecule has 0 saturated carbocycles. The molecule has 0 N–H and O–H groups in total. The lowest BCUT2D eigenvalue weighted by molar-refractivity contribution is -0.170. The van der Waals surface area contributed by atoms with E-state index >= 15 is 0 Å². The first-order chi connectivity index (χ1) is 6.51. The van der Waals surface area contributed by atoms with Crippen molar-refractivity contribution in [3.63, 3.8) is 0 Å². The van der Waals surface area contributed by atoms with E-state index in [2.05, 4.69) is 27.4 Å². The minimum atomic E-state index is -0.852. The second kappa shape index (κ2) is 5.93. The van der Waals surface area contributed by atoms with Crippen molar-refractivity contribution in [1.82, 2.24) is 0 Å². The zero-order valence-corrected chi connectivity index (χ0v) is 8.11. The Balaban J connectivity index is 4.06. The minimum Gasteiger partial charge on any atom is -0.430 e. The van der Waals surface area contributed by atoms with Crippen LogP contribution in [0.1, 0.15) is 6.92 Å². The topological polar surface area (TPSA) is 61.8 Å². The average molecular weight is 200 g/mol. The van der Waals surface area contributed by atoms with E-state index in [1.165, 1.54) is 14.0 Å². The van der Waals surface area contributed by atoms with Gasteiger partial charge in [-0.2, -0.15) is 0 Å². The van der Waals surface area contributed by atoms with E-state index in [1.807, 2.05) is 0 Å². The van der Waals surface area contributed by atoms with Gasteiger partial charge in [0.25, 0.3) is 0 Å². The van der Waals surface area contributed by atoms with Gasteiger partial charge in [-0.3, -0.25) is 0 Å². The largest absolute Gasteiger partial charge is 0.430 e. The third-order valence-corrected chi connectivity index (χ3v) is 1.22. The molecule has 0 saturated heterocycles. The van der Waals surface area contributed by atoms with Gasteiger partial charge in [0.15, 0.2) is 6.29 Å². The Hall–Kier alpha value is -1.62. The standard InChI is InChI=1S/C9H12O5/c1-5-8(10)13-6(2)9(11)14-7(3)12-4/h5,7H,1-2H2,3-4H3. The third kappa shape index (κ3) is 4.42. The molecule has 0 aliphatic carbocycles. The fourth-order valence-corrected chi connectivity index (χ4v) is 0.469. The Bertz CT molecular complexity index is 256. The lowest BCUT2D eigenvalue weighted by Gasteiger charge is -2.11. The van der Waals surface area contributed by atoms with Gasteiger partial charge in [0.2, 0.25) is 5.76 Å². The molecule has 0 aromatic heterocycles. The quantitative estimate of drug-likeness (QED) is 0.284. The van der Waals surface area contributed by atoms with E-state index < -0.39 is 24.0 Å². The van der Waals surface area contributed by atoms with Crippen LogP contribution in [-0.4, -0.2) is 25.3 Å². The highest BCUT2D eigenvalue weighted by atomic mass is 16.7. The van der Waals surface area contributed by atoms with Crippen molar-refractivity contribution in [3.05, 3.63) is 25.0 Å². The summed E-state index contributed by atoms with van der Waals surface area (Å²) in [5.41, 5.74) is 0. The van der Waals surface area contributed by atoms with Crippen LogP contribution < -0.4 is 0 Å². The van der Waals surface area contributed by atoms with Crippen molar-refractivity contribution in [1.29, 1.82) is 0 Å². The molecule has 0 rings (SSSR count). The molecule has 0 heterocycles. The van der Waals surface area contributed by atoms with E-state index in [0.717, 1.165) is 6.08 Å². The Morgan fingerprint density at radius 3 is 2.43 bits per heavy atom. The molecule has 5 heteroatoms. The molecule has 0 spiro atoms. The van der Waals surface area contributed by atoms with Crippen molar-refractivity contribution in [3.8, 4) is 0 Å². The fourth-order valence-electron chi connectivity index (χ4n) is 0.469. The summed E-state index contributed by atoms with van der Waals surface area (Å²) in [5, 5.41) is 0. The summed E-state index contributed by atoms with van der Waals surface area (Å²) in [6, 6.07) is 0. The van der Waals surface area contributed by atoms with E-state index in [1.54, 1.807) is 0 Å². The Morgan fingerprint density at radius 1 is 1.43 bits per heavy atom. The first-order valence-electron chi connectivity index (χ1n) is 3.78. The first-order valence-corrected chi connectivity index (χ1v) is 3.78. The van der Waals surface area contributed by atoms with Crippen LogP contribution in [0.3, 0.4) is 0 Å². The minimum absolute atomic E-state index is 0.404. The van der Waals surface area contributed by atoms with E-state index in [9.17, 15) is 9.59 Å². The van der Waals surface area contributed by atoms with Crippen molar-refractivity contribution in [2.24, 2.45) is 0 Å². The van der Waals surface area contributed by atoms with Gasteiger partial charge in [-0.05, 0) is 13.5 Å². The van der Waals surface area contributed by atoms with Crippen molar-refractivity contribution >= 4 is 11.9 Å². The summed E-state index contributed by atoms with van der Waals surface area (Å²) in [4.78, 5) is 21.7. The van der Waals surface area contributed by atoms with Gasteiger partial charge < -0.3 is 14.2 Å². The zero-order valence-electron chi connectivity index (χ0n) is 8.11. The molecule has 78 valence electrons. The first kappa shape index (κ1) is 12.4. The van der Waals surface area contributed by atoms with E-state index in [0.29, 0.717) is 0 Å². The van der Waals surface area contributed by atoms with Gasteiger partial charge in [-0.1, -0.05) is 6.58 Å². The third-order valence-electron chi connectivity index (χ3n) is 1.22. The van der Waals surface area contributed by atoms with Crippen molar-refractivity contribution in [2.45, 2.75) is 13.2 Å². The lowest BCUT2D eigenvalue weighted by Crippen LogP contribution is -2.19. The molecular formula is C9H12O5. The monoisotopic (exact) mass is 200 g/mol. The number of ether oxygens (including phenoxy) is 3. The van der Waals surface area contributed by atoms with Crippen LogP contribution in [-0.2, 0) is 23.8 Å². The van der Waals surface area contributed by atoms with Gasteiger partial charge in [-0.25, -0.2) is 9.59 Å². The number of hydrogen-bond acceptors (Lipinski definition) is 5. The lowest BCUT2D eigenvalue weighted by atomic mass is 10.5. The van der Waals surface area contributed by atoms with Gasteiger partial charge in [-0.15, -0.1) is 0 Å². The Kier molecular flexibility index (Phi) is 5.24. The van der Waals surface area contributed by atoms with Gasteiger partial charge in [0.05, 0.1) is 0 Å². The summed E-state index contributed by atoms with van der Waals surface area (Å²) >= 11 is 0. The zero-order chi connectivity index (χ0) is 11.1. The van der Waals surface area contributed by atoms with Crippen molar-refractivity contribution < 1.29 is 23.8 Å².